The molecule has 0 aromatic heterocycles. The van der Waals surface area contributed by atoms with Gasteiger partial charge in [0.2, 0.25) is 0 Å². The van der Waals surface area contributed by atoms with Crippen molar-refractivity contribution in [2.45, 2.75) is 45.4 Å². The number of rotatable bonds is 5. The van der Waals surface area contributed by atoms with Crippen LogP contribution in [0.25, 0.3) is 0 Å². The quantitative estimate of drug-likeness (QED) is 0.401. The summed E-state index contributed by atoms with van der Waals surface area (Å²) in [6.45, 7) is 6.69. The largest absolute Gasteiger partial charge is 0.458 e. The van der Waals surface area contributed by atoms with Crippen molar-refractivity contribution in [1.29, 1.82) is 5.41 Å². The van der Waals surface area contributed by atoms with E-state index in [0.29, 0.717) is 11.3 Å². The summed E-state index contributed by atoms with van der Waals surface area (Å²) in [5.41, 5.74) is 5.77. The second kappa shape index (κ2) is 7.65. The molecule has 1 aliphatic heterocycles. The Morgan fingerprint density at radius 2 is 1.93 bits per heavy atom. The lowest BCUT2D eigenvalue weighted by Crippen LogP contribution is -2.47. The van der Waals surface area contributed by atoms with E-state index in [-0.39, 0.29) is 12.4 Å². The number of carbonyl (C=O) groups is 3. The number of nitrogens with two attached hydrogens (primary N) is 1. The lowest BCUT2D eigenvalue weighted by Gasteiger charge is -2.23. The van der Waals surface area contributed by atoms with Crippen LogP contribution in [0.5, 0.6) is 0 Å². The number of nitrogen functional groups attached to an aromatic ring is 1. The summed E-state index contributed by atoms with van der Waals surface area (Å²) in [5, 5.41) is 9.88. The number of nitrogens with zero attached hydrogens (tertiary/aromatic N) is 1. The van der Waals surface area contributed by atoms with Crippen LogP contribution in [0.2, 0.25) is 0 Å². The van der Waals surface area contributed by atoms with E-state index < -0.39 is 35.7 Å². The van der Waals surface area contributed by atoms with Crippen LogP contribution in [0.1, 0.15) is 33.3 Å². The number of amidine groups is 1. The minimum Gasteiger partial charge on any atom is -0.458 e. The Morgan fingerprint density at radius 1 is 1.33 bits per heavy atom. The van der Waals surface area contributed by atoms with Crippen LogP contribution >= 0.6 is 0 Å². The van der Waals surface area contributed by atoms with Crippen molar-refractivity contribution >= 4 is 29.5 Å². The molecule has 0 bridgehead atoms. The smallest absolute Gasteiger partial charge is 0.415 e. The first-order valence-corrected chi connectivity index (χ1v) is 8.44. The highest BCUT2D eigenvalue weighted by Crippen LogP contribution is 2.22. The van der Waals surface area contributed by atoms with E-state index in [1.54, 1.807) is 45.0 Å². The van der Waals surface area contributed by atoms with Gasteiger partial charge in [-0.15, -0.1) is 0 Å². The SMILES string of the molecule is C[C@@H](NC(=O)C1CN(c2ccc(C(=N)N)cc2)C(=O)O1)C(=O)OC(C)(C)C. The molecule has 4 N–H and O–H groups in total. The van der Waals surface area contributed by atoms with Gasteiger partial charge in [0.25, 0.3) is 5.91 Å². The summed E-state index contributed by atoms with van der Waals surface area (Å²) >= 11 is 0. The van der Waals surface area contributed by atoms with Crippen molar-refractivity contribution in [3.05, 3.63) is 29.8 Å². The maximum Gasteiger partial charge on any atom is 0.415 e. The van der Waals surface area contributed by atoms with Gasteiger partial charge in [0.1, 0.15) is 17.5 Å². The Kier molecular flexibility index (Phi) is 5.72. The molecule has 1 saturated heterocycles. The van der Waals surface area contributed by atoms with E-state index >= 15 is 0 Å². The van der Waals surface area contributed by atoms with Crippen molar-refractivity contribution < 1.29 is 23.9 Å². The van der Waals surface area contributed by atoms with Crippen LogP contribution in [-0.2, 0) is 19.1 Å². The highest BCUT2D eigenvalue weighted by molar-refractivity contribution is 5.98. The van der Waals surface area contributed by atoms with Crippen LogP contribution in [0, 0.1) is 5.41 Å². The molecule has 9 heteroatoms. The van der Waals surface area contributed by atoms with E-state index in [1.807, 2.05) is 0 Å². The molecule has 1 heterocycles. The van der Waals surface area contributed by atoms with Crippen molar-refractivity contribution in [2.24, 2.45) is 5.73 Å². The minimum absolute atomic E-state index is 0.00508. The van der Waals surface area contributed by atoms with Gasteiger partial charge < -0.3 is 20.5 Å². The van der Waals surface area contributed by atoms with Gasteiger partial charge in [-0.3, -0.25) is 15.1 Å². The second-order valence-corrected chi connectivity index (χ2v) is 7.21. The van der Waals surface area contributed by atoms with E-state index in [0.717, 1.165) is 0 Å². The van der Waals surface area contributed by atoms with Crippen LogP contribution in [0.15, 0.2) is 24.3 Å². The van der Waals surface area contributed by atoms with Gasteiger partial charge in [-0.1, -0.05) is 0 Å². The van der Waals surface area contributed by atoms with Gasteiger partial charge in [0.15, 0.2) is 6.10 Å². The van der Waals surface area contributed by atoms with Crippen LogP contribution in [0.3, 0.4) is 0 Å². The molecule has 0 saturated carbocycles. The van der Waals surface area contributed by atoms with E-state index in [9.17, 15) is 14.4 Å². The van der Waals surface area contributed by atoms with Crippen molar-refractivity contribution in [1.82, 2.24) is 5.32 Å². The number of benzene rings is 1. The first kappa shape index (κ1) is 20.2. The van der Waals surface area contributed by atoms with Crippen LogP contribution < -0.4 is 16.0 Å². The third-order valence-corrected chi connectivity index (χ3v) is 3.71. The average Bonchev–Trinajstić information content (AvgIpc) is 2.95. The molecule has 1 aliphatic rings. The summed E-state index contributed by atoms with van der Waals surface area (Å²) in [5.74, 6) is -1.24. The molecule has 1 unspecified atom stereocenters. The highest BCUT2D eigenvalue weighted by atomic mass is 16.6. The molecule has 0 radical (unpaired) electrons. The fourth-order valence-corrected chi connectivity index (χ4v) is 2.39. The zero-order chi connectivity index (χ0) is 20.4. The number of esters is 1. The summed E-state index contributed by atoms with van der Waals surface area (Å²) in [7, 11) is 0. The molecular weight excluding hydrogens is 352 g/mol. The number of hydrogen-bond donors (Lipinski definition) is 3. The maximum absolute atomic E-state index is 12.3. The molecule has 1 aromatic carbocycles. The lowest BCUT2D eigenvalue weighted by atomic mass is 10.2. The topological polar surface area (TPSA) is 135 Å². The average molecular weight is 376 g/mol. The predicted octanol–water partition coefficient (Wildman–Crippen LogP) is 1.14. The molecule has 2 amide bonds. The van der Waals surface area contributed by atoms with Gasteiger partial charge >= 0.3 is 12.1 Å². The monoisotopic (exact) mass is 376 g/mol. The molecule has 146 valence electrons. The number of carbonyl (C=O) groups excluding carboxylic acids is 3. The second-order valence-electron chi connectivity index (χ2n) is 7.21. The van der Waals surface area contributed by atoms with Gasteiger partial charge in [-0.25, -0.2) is 9.59 Å². The first-order valence-electron chi connectivity index (χ1n) is 8.44. The Morgan fingerprint density at radius 3 is 2.44 bits per heavy atom. The summed E-state index contributed by atoms with van der Waals surface area (Å²) in [4.78, 5) is 37.7. The van der Waals surface area contributed by atoms with Crippen LogP contribution in [0.4, 0.5) is 10.5 Å². The predicted molar refractivity (Wildman–Crippen MR) is 98.5 cm³/mol. The normalized spacial score (nSPS) is 17.9. The number of anilines is 1. The number of nitrogens with one attached hydrogen (secondary N) is 2. The zero-order valence-electron chi connectivity index (χ0n) is 15.7. The Balaban J connectivity index is 1.98. The fraction of sp³-hybridized carbons (Fsp3) is 0.444. The standard InChI is InChI=1S/C18H24N4O5/c1-10(16(24)27-18(2,3)4)21-15(23)13-9-22(17(25)26-13)12-7-5-11(6-8-12)14(19)20/h5-8,10,13H,9H2,1-4H3,(H3,19,20)(H,21,23)/t10-,13?/m1/s1. The van der Waals surface area contributed by atoms with Gasteiger partial charge in [-0.05, 0) is 52.0 Å². The van der Waals surface area contributed by atoms with E-state index in [4.69, 9.17) is 20.6 Å². The zero-order valence-corrected chi connectivity index (χ0v) is 15.7. The molecule has 27 heavy (non-hydrogen) atoms. The molecule has 0 aliphatic carbocycles. The Hall–Kier alpha value is -3.10. The Labute approximate surface area is 157 Å². The third-order valence-electron chi connectivity index (χ3n) is 3.71. The maximum atomic E-state index is 12.3. The molecule has 0 spiro atoms. The number of cyclic esters (lactones) is 1. The lowest BCUT2D eigenvalue weighted by molar-refractivity contribution is -0.158. The molecule has 2 rings (SSSR count). The van der Waals surface area contributed by atoms with Gasteiger partial charge in [0.05, 0.1) is 6.54 Å². The molecule has 1 aromatic rings. The Bertz CT molecular complexity index is 754. The first-order chi connectivity index (χ1) is 12.5. The number of hydrogen-bond acceptors (Lipinski definition) is 6. The summed E-state index contributed by atoms with van der Waals surface area (Å²) in [6.07, 6.45) is -1.72. The van der Waals surface area contributed by atoms with Gasteiger partial charge in [-0.2, -0.15) is 0 Å². The van der Waals surface area contributed by atoms with Crippen molar-refractivity contribution in [3.63, 3.8) is 0 Å². The molecular formula is C18H24N4O5. The third kappa shape index (κ3) is 5.19. The van der Waals surface area contributed by atoms with Crippen molar-refractivity contribution in [2.75, 3.05) is 11.4 Å². The van der Waals surface area contributed by atoms with Crippen molar-refractivity contribution in [3.8, 4) is 0 Å². The van der Waals surface area contributed by atoms with Crippen LogP contribution in [-0.4, -0.2) is 48.1 Å². The number of amides is 2. The fourth-order valence-electron chi connectivity index (χ4n) is 2.39. The van der Waals surface area contributed by atoms with E-state index in [1.165, 1.54) is 11.8 Å². The van der Waals surface area contributed by atoms with Gasteiger partial charge in [0, 0.05) is 11.3 Å². The summed E-state index contributed by atoms with van der Waals surface area (Å²) in [6, 6.07) is 5.55. The minimum atomic E-state index is -1.05. The number of ether oxygens (including phenoxy) is 2. The molecule has 2 atom stereocenters. The highest BCUT2D eigenvalue weighted by Gasteiger charge is 2.38. The molecule has 1 fully saturated rings. The van der Waals surface area contributed by atoms with E-state index in [2.05, 4.69) is 5.32 Å². The summed E-state index contributed by atoms with van der Waals surface area (Å²) < 4.78 is 10.3. The molecule has 9 nitrogen and oxygen atoms in total.